The number of nitrogens with one attached hydrogen (secondary N) is 2. The van der Waals surface area contributed by atoms with Gasteiger partial charge in [0.15, 0.2) is 11.2 Å². The Kier molecular flexibility index (Phi) is 10.8. The van der Waals surface area contributed by atoms with E-state index in [2.05, 4.69) is 10.6 Å². The van der Waals surface area contributed by atoms with Gasteiger partial charge in [0.05, 0.1) is 12.5 Å². The van der Waals surface area contributed by atoms with Crippen molar-refractivity contribution in [3.63, 3.8) is 0 Å². The van der Waals surface area contributed by atoms with Crippen molar-refractivity contribution in [3.8, 4) is 5.75 Å². The molecular weight excluding hydrogens is 499 g/mol. The minimum atomic E-state index is -4.02. The van der Waals surface area contributed by atoms with Crippen LogP contribution in [0, 0.1) is 11.3 Å². The number of thioether (sulfide) groups is 1. The normalized spacial score (nSPS) is 22.0. The molecule has 0 radical (unpaired) electrons. The first-order valence-corrected chi connectivity index (χ1v) is 13.5. The summed E-state index contributed by atoms with van der Waals surface area (Å²) in [6.07, 6.45) is -1.21. The molecule has 2 amide bonds. The van der Waals surface area contributed by atoms with E-state index in [9.17, 15) is 23.7 Å². The highest BCUT2D eigenvalue weighted by molar-refractivity contribution is 8.13. The third-order valence-corrected chi connectivity index (χ3v) is 7.22. The summed E-state index contributed by atoms with van der Waals surface area (Å²) >= 11 is 0.958. The van der Waals surface area contributed by atoms with Crippen molar-refractivity contribution in [1.82, 2.24) is 10.6 Å². The minimum Gasteiger partial charge on any atom is -0.481 e. The number of para-hydroxylation sites is 1. The molecule has 0 aliphatic carbocycles. The molecule has 1 aliphatic rings. The molecule has 35 heavy (non-hydrogen) atoms. The van der Waals surface area contributed by atoms with Gasteiger partial charge in [-0.3, -0.25) is 28.2 Å². The van der Waals surface area contributed by atoms with Crippen LogP contribution in [0.4, 0.5) is 0 Å². The Morgan fingerprint density at radius 1 is 1.20 bits per heavy atom. The second-order valence-corrected chi connectivity index (χ2v) is 11.4. The molecule has 1 fully saturated rings. The number of rotatable bonds is 12. The number of carbonyl (C=O) groups excluding carboxylic acids is 3. The van der Waals surface area contributed by atoms with Crippen molar-refractivity contribution in [3.05, 3.63) is 30.3 Å². The molecule has 3 N–H and O–H groups in total. The maximum absolute atomic E-state index is 12.9. The number of carboxylic acid groups (broad SMARTS) is 1. The van der Waals surface area contributed by atoms with E-state index in [0.717, 1.165) is 11.8 Å². The van der Waals surface area contributed by atoms with Gasteiger partial charge >= 0.3 is 13.8 Å². The highest BCUT2D eigenvalue weighted by Crippen LogP contribution is 2.56. The first-order chi connectivity index (χ1) is 16.4. The summed E-state index contributed by atoms with van der Waals surface area (Å²) in [5.41, 5.74) is -0.789. The van der Waals surface area contributed by atoms with Crippen LogP contribution in [0.5, 0.6) is 5.75 Å². The van der Waals surface area contributed by atoms with Crippen LogP contribution in [-0.2, 0) is 32.8 Å². The van der Waals surface area contributed by atoms with Gasteiger partial charge in [0.2, 0.25) is 5.91 Å². The molecular formula is C22H31N2O9PS. The van der Waals surface area contributed by atoms with E-state index in [-0.39, 0.29) is 49.3 Å². The van der Waals surface area contributed by atoms with Gasteiger partial charge < -0.3 is 20.3 Å². The second-order valence-electron chi connectivity index (χ2n) is 8.65. The fraction of sp³-hybridized carbons (Fsp3) is 0.545. The van der Waals surface area contributed by atoms with Crippen LogP contribution in [0.1, 0.15) is 33.6 Å². The smallest absolute Gasteiger partial charge is 0.481 e. The highest BCUT2D eigenvalue weighted by atomic mass is 32.2. The summed E-state index contributed by atoms with van der Waals surface area (Å²) in [6, 6.07) is 8.33. The number of phosphoric ester groups is 1. The number of amides is 2. The average Bonchev–Trinajstić information content (AvgIpc) is 2.79. The summed E-state index contributed by atoms with van der Waals surface area (Å²) in [6.45, 7) is 5.13. The summed E-state index contributed by atoms with van der Waals surface area (Å²) in [7, 11) is -4.02. The van der Waals surface area contributed by atoms with Gasteiger partial charge in [0.25, 0.3) is 5.91 Å². The molecule has 0 aromatic heterocycles. The second kappa shape index (κ2) is 13.1. The van der Waals surface area contributed by atoms with E-state index in [1.807, 2.05) is 0 Å². The lowest BCUT2D eigenvalue weighted by atomic mass is 9.87. The Labute approximate surface area is 208 Å². The van der Waals surface area contributed by atoms with Crippen molar-refractivity contribution >= 4 is 42.5 Å². The van der Waals surface area contributed by atoms with E-state index in [1.54, 1.807) is 44.2 Å². The van der Waals surface area contributed by atoms with Gasteiger partial charge in [-0.15, -0.1) is 0 Å². The zero-order valence-electron chi connectivity index (χ0n) is 19.9. The average molecular weight is 531 g/mol. The minimum absolute atomic E-state index is 0.0117. The number of phosphoric acid groups is 1. The van der Waals surface area contributed by atoms with Crippen molar-refractivity contribution < 1.29 is 42.4 Å². The number of carbonyl (C=O) groups is 4. The van der Waals surface area contributed by atoms with Crippen molar-refractivity contribution in [2.75, 3.05) is 25.4 Å². The SMILES string of the molecule is CC(CC(=O)SCCNC(=O)CCNC(=O)[C@@H]1OP(=O)(Oc2ccccc2)OCC1(C)C)C(=O)O. The van der Waals surface area contributed by atoms with Crippen LogP contribution in [0.15, 0.2) is 30.3 Å². The van der Waals surface area contributed by atoms with Crippen LogP contribution >= 0.6 is 19.6 Å². The summed E-state index contributed by atoms with van der Waals surface area (Å²) in [4.78, 5) is 47.2. The van der Waals surface area contributed by atoms with Crippen molar-refractivity contribution in [1.29, 1.82) is 0 Å². The fourth-order valence-electron chi connectivity index (χ4n) is 2.92. The predicted molar refractivity (Wildman–Crippen MR) is 129 cm³/mol. The van der Waals surface area contributed by atoms with E-state index in [0.29, 0.717) is 5.75 Å². The van der Waals surface area contributed by atoms with Crippen molar-refractivity contribution in [2.24, 2.45) is 11.3 Å². The Hall–Kier alpha value is -2.40. The first-order valence-electron chi connectivity index (χ1n) is 11.0. The number of hydrogen-bond donors (Lipinski definition) is 3. The predicted octanol–water partition coefficient (Wildman–Crippen LogP) is 2.61. The molecule has 13 heteroatoms. The van der Waals surface area contributed by atoms with Gasteiger partial charge in [-0.1, -0.05) is 50.7 Å². The third-order valence-electron chi connectivity index (χ3n) is 4.97. The molecule has 0 bridgehead atoms. The van der Waals surface area contributed by atoms with E-state index < -0.39 is 37.1 Å². The molecule has 0 spiro atoms. The molecule has 1 heterocycles. The molecule has 1 aliphatic heterocycles. The van der Waals surface area contributed by atoms with Crippen molar-refractivity contribution in [2.45, 2.75) is 39.7 Å². The quantitative estimate of drug-likeness (QED) is 0.271. The standard InChI is InChI=1S/C22H31N2O9PS/c1-15(21(28)29)13-18(26)35-12-11-23-17(25)9-10-24-20(27)19-22(2,3)14-31-34(30,33-19)32-16-7-5-4-6-8-16/h4-8,15,19H,9-14H2,1-3H3,(H,23,25)(H,24,27)(H,28,29)/t15?,19-,34?/m0/s1. The van der Waals surface area contributed by atoms with Crippen LogP contribution < -0.4 is 15.2 Å². The molecule has 2 unspecified atom stereocenters. The Morgan fingerprint density at radius 2 is 1.89 bits per heavy atom. The molecule has 1 saturated heterocycles. The lowest BCUT2D eigenvalue weighted by Crippen LogP contribution is -2.50. The van der Waals surface area contributed by atoms with Gasteiger partial charge in [0, 0.05) is 37.1 Å². The Morgan fingerprint density at radius 3 is 2.54 bits per heavy atom. The highest BCUT2D eigenvalue weighted by Gasteiger charge is 2.49. The monoisotopic (exact) mass is 530 g/mol. The maximum atomic E-state index is 12.9. The van der Waals surface area contributed by atoms with Gasteiger partial charge in [-0.25, -0.2) is 4.57 Å². The topological polar surface area (TPSA) is 157 Å². The van der Waals surface area contributed by atoms with E-state index >= 15 is 0 Å². The Bertz CT molecular complexity index is 958. The molecule has 1 aromatic rings. The molecule has 11 nitrogen and oxygen atoms in total. The van der Waals surface area contributed by atoms with Crippen LogP contribution in [0.3, 0.4) is 0 Å². The summed E-state index contributed by atoms with van der Waals surface area (Å²) in [5, 5.41) is 13.8. The molecule has 194 valence electrons. The largest absolute Gasteiger partial charge is 0.530 e. The first kappa shape index (κ1) is 28.8. The number of benzene rings is 1. The van der Waals surface area contributed by atoms with Crippen LogP contribution in [-0.4, -0.2) is 59.6 Å². The van der Waals surface area contributed by atoms with Gasteiger partial charge in [-0.2, -0.15) is 0 Å². The number of carboxylic acids is 1. The van der Waals surface area contributed by atoms with E-state index in [4.69, 9.17) is 18.7 Å². The molecule has 0 saturated carbocycles. The lowest BCUT2D eigenvalue weighted by molar-refractivity contribution is -0.142. The molecule has 2 rings (SSSR count). The third kappa shape index (κ3) is 9.64. The fourth-order valence-corrected chi connectivity index (χ4v) is 5.38. The van der Waals surface area contributed by atoms with Crippen LogP contribution in [0.2, 0.25) is 0 Å². The van der Waals surface area contributed by atoms with E-state index in [1.165, 1.54) is 6.92 Å². The van der Waals surface area contributed by atoms with Crippen LogP contribution in [0.25, 0.3) is 0 Å². The van der Waals surface area contributed by atoms with Gasteiger partial charge in [0.1, 0.15) is 5.75 Å². The lowest BCUT2D eigenvalue weighted by Gasteiger charge is -2.39. The number of aliphatic carboxylic acids is 1. The van der Waals surface area contributed by atoms with Gasteiger partial charge in [-0.05, 0) is 12.1 Å². The molecule has 1 aromatic carbocycles. The maximum Gasteiger partial charge on any atom is 0.530 e. The summed E-state index contributed by atoms with van der Waals surface area (Å²) in [5.74, 6) is -2.07. The molecule has 3 atom stereocenters. The number of hydrogen-bond acceptors (Lipinski definition) is 9. The zero-order chi connectivity index (χ0) is 26.1. The Balaban J connectivity index is 1.73. The summed E-state index contributed by atoms with van der Waals surface area (Å²) < 4.78 is 29.1. The zero-order valence-corrected chi connectivity index (χ0v) is 21.6.